The number of rotatable bonds is 4. The molecule has 0 aliphatic carbocycles. The molecule has 0 aliphatic heterocycles. The van der Waals surface area contributed by atoms with Crippen LogP contribution >= 0.6 is 0 Å². The summed E-state index contributed by atoms with van der Waals surface area (Å²) in [6.07, 6.45) is 0. The third kappa shape index (κ3) is 2.59. The van der Waals surface area contributed by atoms with Crippen LogP contribution in [0.2, 0.25) is 0 Å². The first-order chi connectivity index (χ1) is 9.71. The van der Waals surface area contributed by atoms with Crippen molar-refractivity contribution in [3.63, 3.8) is 0 Å². The molecule has 2 aromatic rings. The number of carbonyl (C=O) groups is 1. The van der Waals surface area contributed by atoms with Crippen molar-refractivity contribution in [2.45, 2.75) is 0 Å². The summed E-state index contributed by atoms with van der Waals surface area (Å²) in [5.74, 6) is 1.29. The molecule has 0 unspecified atom stereocenters. The minimum absolute atomic E-state index is 0.124. The molecule has 4 heteroatoms. The van der Waals surface area contributed by atoms with Gasteiger partial charge in [-0.1, -0.05) is 18.2 Å². The number of benzene rings is 2. The van der Waals surface area contributed by atoms with Crippen LogP contribution in [0, 0.1) is 0 Å². The van der Waals surface area contributed by atoms with Crippen LogP contribution in [0.1, 0.15) is 10.4 Å². The van der Waals surface area contributed by atoms with E-state index in [4.69, 9.17) is 9.47 Å². The van der Waals surface area contributed by atoms with Gasteiger partial charge in [-0.2, -0.15) is 0 Å². The van der Waals surface area contributed by atoms with E-state index in [0.717, 1.165) is 11.1 Å². The summed E-state index contributed by atoms with van der Waals surface area (Å²) in [6.45, 7) is 0. The van der Waals surface area contributed by atoms with Crippen molar-refractivity contribution < 1.29 is 14.3 Å². The molecule has 0 fully saturated rings. The second-order valence-corrected chi connectivity index (χ2v) is 4.20. The molecular weight excluding hydrogens is 254 g/mol. The molecule has 0 aliphatic rings. The molecule has 4 nitrogen and oxygen atoms in total. The van der Waals surface area contributed by atoms with Crippen molar-refractivity contribution in [1.82, 2.24) is 5.32 Å². The average Bonchev–Trinajstić information content (AvgIpc) is 2.53. The van der Waals surface area contributed by atoms with E-state index < -0.39 is 0 Å². The van der Waals surface area contributed by atoms with Gasteiger partial charge in [0.25, 0.3) is 5.91 Å². The van der Waals surface area contributed by atoms with Crippen molar-refractivity contribution in [3.8, 4) is 22.6 Å². The molecule has 1 N–H and O–H groups in total. The molecule has 0 radical (unpaired) electrons. The van der Waals surface area contributed by atoms with E-state index in [9.17, 15) is 4.79 Å². The molecular formula is C16H17NO3. The highest BCUT2D eigenvalue weighted by atomic mass is 16.5. The summed E-state index contributed by atoms with van der Waals surface area (Å²) in [6, 6.07) is 12.9. The van der Waals surface area contributed by atoms with Crippen LogP contribution < -0.4 is 14.8 Å². The standard InChI is InChI=1S/C16H17NO3/c1-17-16(18)12-7-4-6-11(10-12)15-13(19-2)8-5-9-14(15)20-3/h4-10H,1-3H3,(H,17,18). The first kappa shape index (κ1) is 13.9. The molecule has 1 amide bonds. The Morgan fingerprint density at radius 2 is 1.60 bits per heavy atom. The highest BCUT2D eigenvalue weighted by molar-refractivity contribution is 5.95. The second-order valence-electron chi connectivity index (χ2n) is 4.20. The lowest BCUT2D eigenvalue weighted by molar-refractivity contribution is 0.0963. The average molecular weight is 271 g/mol. The van der Waals surface area contributed by atoms with Gasteiger partial charge >= 0.3 is 0 Å². The Hall–Kier alpha value is -2.49. The molecule has 104 valence electrons. The van der Waals surface area contributed by atoms with E-state index in [2.05, 4.69) is 5.32 Å². The fourth-order valence-electron chi connectivity index (χ4n) is 2.10. The summed E-state index contributed by atoms with van der Waals surface area (Å²) < 4.78 is 10.8. The Bertz CT molecular complexity index is 601. The maximum atomic E-state index is 11.7. The third-order valence-electron chi connectivity index (χ3n) is 3.07. The maximum Gasteiger partial charge on any atom is 0.251 e. The number of hydrogen-bond acceptors (Lipinski definition) is 3. The predicted molar refractivity (Wildman–Crippen MR) is 78.4 cm³/mol. The Morgan fingerprint density at radius 1 is 1.00 bits per heavy atom. The number of ether oxygens (including phenoxy) is 2. The largest absolute Gasteiger partial charge is 0.496 e. The Kier molecular flexibility index (Phi) is 4.25. The van der Waals surface area contributed by atoms with E-state index in [1.807, 2.05) is 36.4 Å². The van der Waals surface area contributed by atoms with Gasteiger partial charge in [0.15, 0.2) is 0 Å². The topological polar surface area (TPSA) is 47.6 Å². The highest BCUT2D eigenvalue weighted by Crippen LogP contribution is 2.38. The molecule has 0 bridgehead atoms. The van der Waals surface area contributed by atoms with Gasteiger partial charge in [0.05, 0.1) is 19.8 Å². The van der Waals surface area contributed by atoms with E-state index in [1.165, 1.54) is 0 Å². The lowest BCUT2D eigenvalue weighted by Gasteiger charge is -2.13. The van der Waals surface area contributed by atoms with Gasteiger partial charge in [0, 0.05) is 12.6 Å². The molecule has 0 heterocycles. The minimum Gasteiger partial charge on any atom is -0.496 e. The quantitative estimate of drug-likeness (QED) is 0.930. The fraction of sp³-hybridized carbons (Fsp3) is 0.188. The number of methoxy groups -OCH3 is 2. The molecule has 0 spiro atoms. The Balaban J connectivity index is 2.59. The van der Waals surface area contributed by atoms with Gasteiger partial charge in [-0.15, -0.1) is 0 Å². The van der Waals surface area contributed by atoms with Crippen molar-refractivity contribution in [2.24, 2.45) is 0 Å². The van der Waals surface area contributed by atoms with Crippen LogP contribution in [0.3, 0.4) is 0 Å². The van der Waals surface area contributed by atoms with Crippen LogP contribution in [0.5, 0.6) is 11.5 Å². The summed E-state index contributed by atoms with van der Waals surface area (Å²) in [7, 11) is 4.83. The van der Waals surface area contributed by atoms with Gasteiger partial charge in [-0.3, -0.25) is 4.79 Å². The zero-order chi connectivity index (χ0) is 14.5. The Morgan fingerprint density at radius 3 is 2.15 bits per heavy atom. The summed E-state index contributed by atoms with van der Waals surface area (Å²) in [5.41, 5.74) is 2.31. The molecule has 2 aromatic carbocycles. The molecule has 2 rings (SSSR count). The number of amides is 1. The van der Waals surface area contributed by atoms with Crippen LogP contribution in [-0.2, 0) is 0 Å². The van der Waals surface area contributed by atoms with E-state index in [1.54, 1.807) is 27.3 Å². The number of nitrogens with one attached hydrogen (secondary N) is 1. The van der Waals surface area contributed by atoms with E-state index >= 15 is 0 Å². The van der Waals surface area contributed by atoms with Gasteiger partial charge in [-0.05, 0) is 29.8 Å². The number of hydrogen-bond donors (Lipinski definition) is 1. The maximum absolute atomic E-state index is 11.7. The van der Waals surface area contributed by atoms with Crippen LogP contribution in [0.15, 0.2) is 42.5 Å². The first-order valence-corrected chi connectivity index (χ1v) is 6.24. The lowest BCUT2D eigenvalue weighted by Crippen LogP contribution is -2.17. The van der Waals surface area contributed by atoms with Crippen molar-refractivity contribution in [2.75, 3.05) is 21.3 Å². The minimum atomic E-state index is -0.124. The zero-order valence-corrected chi connectivity index (χ0v) is 11.8. The van der Waals surface area contributed by atoms with Crippen molar-refractivity contribution in [1.29, 1.82) is 0 Å². The Labute approximate surface area is 118 Å². The normalized spacial score (nSPS) is 9.95. The van der Waals surface area contributed by atoms with Gasteiger partial charge < -0.3 is 14.8 Å². The predicted octanol–water partition coefficient (Wildman–Crippen LogP) is 2.73. The van der Waals surface area contributed by atoms with Crippen LogP contribution in [0.25, 0.3) is 11.1 Å². The third-order valence-corrected chi connectivity index (χ3v) is 3.07. The van der Waals surface area contributed by atoms with Gasteiger partial charge in [-0.25, -0.2) is 0 Å². The van der Waals surface area contributed by atoms with Crippen LogP contribution in [-0.4, -0.2) is 27.2 Å². The molecule has 0 saturated heterocycles. The van der Waals surface area contributed by atoms with Crippen LogP contribution in [0.4, 0.5) is 0 Å². The molecule has 0 saturated carbocycles. The highest BCUT2D eigenvalue weighted by Gasteiger charge is 2.13. The molecule has 20 heavy (non-hydrogen) atoms. The smallest absolute Gasteiger partial charge is 0.251 e. The van der Waals surface area contributed by atoms with Crippen molar-refractivity contribution in [3.05, 3.63) is 48.0 Å². The zero-order valence-electron chi connectivity index (χ0n) is 11.8. The fourth-order valence-corrected chi connectivity index (χ4v) is 2.10. The van der Waals surface area contributed by atoms with Gasteiger partial charge in [0.2, 0.25) is 0 Å². The number of carbonyl (C=O) groups excluding carboxylic acids is 1. The summed E-state index contributed by atoms with van der Waals surface area (Å²) in [5, 5.41) is 2.62. The SMILES string of the molecule is CNC(=O)c1cccc(-c2c(OC)cccc2OC)c1. The lowest BCUT2D eigenvalue weighted by atomic mass is 10.0. The van der Waals surface area contributed by atoms with E-state index in [-0.39, 0.29) is 5.91 Å². The summed E-state index contributed by atoms with van der Waals surface area (Å²) in [4.78, 5) is 11.7. The monoisotopic (exact) mass is 271 g/mol. The molecule has 0 aromatic heterocycles. The first-order valence-electron chi connectivity index (χ1n) is 6.24. The van der Waals surface area contributed by atoms with Gasteiger partial charge in [0.1, 0.15) is 11.5 Å². The summed E-state index contributed by atoms with van der Waals surface area (Å²) >= 11 is 0. The molecule has 0 atom stereocenters. The van der Waals surface area contributed by atoms with Crippen molar-refractivity contribution >= 4 is 5.91 Å². The second kappa shape index (κ2) is 6.10. The van der Waals surface area contributed by atoms with E-state index in [0.29, 0.717) is 17.1 Å².